The van der Waals surface area contributed by atoms with Crippen LogP contribution in [0.1, 0.15) is 26.3 Å². The molecule has 0 aliphatic carbocycles. The molecule has 0 fully saturated rings. The summed E-state index contributed by atoms with van der Waals surface area (Å²) < 4.78 is 67.9. The molecule has 0 radical (unpaired) electrons. The minimum absolute atomic E-state index is 0.0598. The Hall–Kier alpha value is -7.39. The Kier molecular flexibility index (Phi) is 9.13. The molecule has 61 heavy (non-hydrogen) atoms. The van der Waals surface area contributed by atoms with Gasteiger partial charge in [-0.05, 0) is 101 Å². The summed E-state index contributed by atoms with van der Waals surface area (Å²) in [6.45, 7) is 6.83. The molecule has 9 aromatic rings. The van der Waals surface area contributed by atoms with E-state index >= 15 is 0 Å². The maximum Gasteiger partial charge on any atom is 0.137 e. The van der Waals surface area contributed by atoms with Crippen LogP contribution in [0.25, 0.3) is 49.9 Å². The van der Waals surface area contributed by atoms with Crippen molar-refractivity contribution in [3.63, 3.8) is 0 Å². The van der Waals surface area contributed by atoms with E-state index < -0.39 is 23.3 Å². The molecule has 3 heterocycles. The largest absolute Gasteiger partial charge is 0.457 e. The number of halogens is 4. The van der Waals surface area contributed by atoms with Crippen LogP contribution >= 0.6 is 0 Å². The Balaban J connectivity index is 1.05. The molecule has 2 aromatic heterocycles. The molecule has 0 saturated carbocycles. The van der Waals surface area contributed by atoms with Gasteiger partial charge in [0.05, 0.1) is 28.1 Å². The Bertz CT molecular complexity index is 3060. The van der Waals surface area contributed by atoms with E-state index in [1.807, 2.05) is 83.9 Å². The smallest absolute Gasteiger partial charge is 0.137 e. The standard InChI is InChI=1S/C52H38F4N4O/c1-52(2,3)34-20-21-57-50(26-34)60-46-15-5-4-12-44(46)45-19-18-41(30-49(45)60)61-40-11-8-10-39(29-40)58-31-59(48-17-7-6-16-47(48)58)51-42(32-22-35(53)27-36(54)23-32)13-9-14-43(51)33-24-37(55)28-38(56)25-33/h4-30H,31H2,1-3H3. The molecule has 5 nitrogen and oxygen atoms in total. The zero-order valence-electron chi connectivity index (χ0n) is 33.5. The van der Waals surface area contributed by atoms with Gasteiger partial charge in [0, 0.05) is 58.0 Å². The van der Waals surface area contributed by atoms with Gasteiger partial charge in [0.1, 0.15) is 47.3 Å². The molecule has 0 bridgehead atoms. The van der Waals surface area contributed by atoms with Crippen molar-refractivity contribution >= 4 is 44.6 Å². The molecule has 0 saturated heterocycles. The topological polar surface area (TPSA) is 33.5 Å². The summed E-state index contributed by atoms with van der Waals surface area (Å²) in [6, 6.07) is 46.1. The summed E-state index contributed by atoms with van der Waals surface area (Å²) in [5.41, 5.74) is 7.67. The highest BCUT2D eigenvalue weighted by Crippen LogP contribution is 2.50. The van der Waals surface area contributed by atoms with Crippen molar-refractivity contribution in [3.05, 3.63) is 193 Å². The van der Waals surface area contributed by atoms with Crippen molar-refractivity contribution in [1.29, 1.82) is 0 Å². The van der Waals surface area contributed by atoms with Crippen LogP contribution in [0, 0.1) is 23.3 Å². The minimum atomic E-state index is -0.740. The van der Waals surface area contributed by atoms with E-state index in [0.717, 1.165) is 56.8 Å². The Morgan fingerprint density at radius 3 is 1.79 bits per heavy atom. The number of ether oxygens (including phenoxy) is 1. The summed E-state index contributed by atoms with van der Waals surface area (Å²) in [4.78, 5) is 8.93. The average Bonchev–Trinajstić information content (AvgIpc) is 3.78. The fraction of sp³-hybridized carbons (Fsp3) is 0.0962. The SMILES string of the molecule is CC(C)(C)c1ccnc(-n2c3ccccc3c3ccc(Oc4cccc(N5CN(c6c(-c7cc(F)cc(F)c7)cccc6-c6cc(F)cc(F)c6)c6ccccc65)c4)cc32)c1. The van der Waals surface area contributed by atoms with E-state index in [9.17, 15) is 17.6 Å². The lowest BCUT2D eigenvalue weighted by Crippen LogP contribution is -2.25. The number of hydrogen-bond donors (Lipinski definition) is 0. The molecule has 7 aromatic carbocycles. The quantitative estimate of drug-likeness (QED) is 0.150. The third kappa shape index (κ3) is 6.91. The molecule has 300 valence electrons. The summed E-state index contributed by atoms with van der Waals surface area (Å²) in [6.07, 6.45) is 1.86. The lowest BCUT2D eigenvalue weighted by atomic mass is 9.88. The normalized spacial score (nSPS) is 12.7. The highest BCUT2D eigenvalue weighted by atomic mass is 19.1. The molecule has 0 unspecified atom stereocenters. The molecule has 0 spiro atoms. The first-order valence-electron chi connectivity index (χ1n) is 20.0. The van der Waals surface area contributed by atoms with Crippen molar-refractivity contribution in [2.75, 3.05) is 16.5 Å². The van der Waals surface area contributed by atoms with Gasteiger partial charge < -0.3 is 14.5 Å². The number of pyridine rings is 1. The summed E-state index contributed by atoms with van der Waals surface area (Å²) >= 11 is 0. The van der Waals surface area contributed by atoms with Gasteiger partial charge in [-0.3, -0.25) is 4.57 Å². The van der Waals surface area contributed by atoms with Crippen molar-refractivity contribution in [2.45, 2.75) is 26.2 Å². The lowest BCUT2D eigenvalue weighted by molar-refractivity contribution is 0.483. The van der Waals surface area contributed by atoms with Crippen LogP contribution in [-0.2, 0) is 5.41 Å². The summed E-state index contributed by atoms with van der Waals surface area (Å²) in [7, 11) is 0. The average molecular weight is 811 g/mol. The first kappa shape index (κ1) is 37.9. The second kappa shape index (κ2) is 14.7. The van der Waals surface area contributed by atoms with Gasteiger partial charge in [-0.1, -0.05) is 75.4 Å². The van der Waals surface area contributed by atoms with Gasteiger partial charge in [0.2, 0.25) is 0 Å². The van der Waals surface area contributed by atoms with Crippen molar-refractivity contribution < 1.29 is 22.3 Å². The molecule has 10 rings (SSSR count). The number of anilines is 4. The number of hydrogen-bond acceptors (Lipinski definition) is 4. The van der Waals surface area contributed by atoms with Crippen LogP contribution in [0.15, 0.2) is 164 Å². The Morgan fingerprint density at radius 2 is 1.11 bits per heavy atom. The van der Waals surface area contributed by atoms with Gasteiger partial charge in [-0.2, -0.15) is 0 Å². The molecular formula is C52H38F4N4O. The van der Waals surface area contributed by atoms with Crippen molar-refractivity contribution in [1.82, 2.24) is 9.55 Å². The van der Waals surface area contributed by atoms with E-state index in [0.29, 0.717) is 28.3 Å². The van der Waals surface area contributed by atoms with E-state index in [4.69, 9.17) is 9.72 Å². The molecule has 1 aliphatic rings. The van der Waals surface area contributed by atoms with Gasteiger partial charge >= 0.3 is 0 Å². The first-order valence-corrected chi connectivity index (χ1v) is 20.0. The number of aromatic nitrogens is 2. The van der Waals surface area contributed by atoms with E-state index in [1.54, 1.807) is 18.2 Å². The molecule has 9 heteroatoms. The highest BCUT2D eigenvalue weighted by molar-refractivity contribution is 6.09. The van der Waals surface area contributed by atoms with Crippen LogP contribution in [-0.4, -0.2) is 16.2 Å². The van der Waals surface area contributed by atoms with Gasteiger partial charge in [0.15, 0.2) is 0 Å². The minimum Gasteiger partial charge on any atom is -0.457 e. The fourth-order valence-electron chi connectivity index (χ4n) is 8.46. The maximum absolute atomic E-state index is 14.8. The zero-order chi connectivity index (χ0) is 42.0. The predicted octanol–water partition coefficient (Wildman–Crippen LogP) is 14.4. The van der Waals surface area contributed by atoms with E-state index in [2.05, 4.69) is 60.6 Å². The van der Waals surface area contributed by atoms with Crippen molar-refractivity contribution in [3.8, 4) is 39.6 Å². The lowest BCUT2D eigenvalue weighted by Gasteiger charge is -2.27. The third-order valence-electron chi connectivity index (χ3n) is 11.3. The number of rotatable bonds is 7. The molecule has 1 aliphatic heterocycles. The van der Waals surface area contributed by atoms with E-state index in [1.165, 1.54) is 29.8 Å². The molecule has 0 atom stereocenters. The van der Waals surface area contributed by atoms with Crippen LogP contribution < -0.4 is 14.5 Å². The molecule has 0 amide bonds. The van der Waals surface area contributed by atoms with Crippen LogP contribution in [0.2, 0.25) is 0 Å². The summed E-state index contributed by atoms with van der Waals surface area (Å²) in [5.74, 6) is -0.885. The monoisotopic (exact) mass is 810 g/mol. The molecular weight excluding hydrogens is 773 g/mol. The van der Waals surface area contributed by atoms with Crippen LogP contribution in [0.4, 0.5) is 40.3 Å². The maximum atomic E-state index is 14.8. The number of nitrogens with zero attached hydrogens (tertiary/aromatic N) is 4. The van der Waals surface area contributed by atoms with Crippen molar-refractivity contribution in [2.24, 2.45) is 0 Å². The second-order valence-corrected chi connectivity index (χ2v) is 16.3. The van der Waals surface area contributed by atoms with Crippen LogP contribution in [0.5, 0.6) is 11.5 Å². The zero-order valence-corrected chi connectivity index (χ0v) is 33.5. The second-order valence-electron chi connectivity index (χ2n) is 16.3. The fourth-order valence-corrected chi connectivity index (χ4v) is 8.46. The number of para-hydroxylation sites is 4. The van der Waals surface area contributed by atoms with E-state index in [-0.39, 0.29) is 23.2 Å². The number of benzene rings is 7. The van der Waals surface area contributed by atoms with Gasteiger partial charge in [0.25, 0.3) is 0 Å². The molecule has 0 N–H and O–H groups in total. The van der Waals surface area contributed by atoms with Gasteiger partial charge in [-0.15, -0.1) is 0 Å². The summed E-state index contributed by atoms with van der Waals surface area (Å²) in [5, 5.41) is 2.19. The Labute approximate surface area is 350 Å². The highest BCUT2D eigenvalue weighted by Gasteiger charge is 2.32. The third-order valence-corrected chi connectivity index (χ3v) is 11.3. The first-order chi connectivity index (χ1) is 29.5. The number of fused-ring (bicyclic) bond motifs is 4. The predicted molar refractivity (Wildman–Crippen MR) is 237 cm³/mol. The van der Waals surface area contributed by atoms with Crippen LogP contribution in [0.3, 0.4) is 0 Å². The van der Waals surface area contributed by atoms with Gasteiger partial charge in [-0.25, -0.2) is 22.5 Å². The Morgan fingerprint density at radius 1 is 0.525 bits per heavy atom.